The van der Waals surface area contributed by atoms with E-state index in [0.29, 0.717) is 19.7 Å². The second kappa shape index (κ2) is 6.08. The molecule has 1 aliphatic rings. The van der Waals surface area contributed by atoms with Crippen molar-refractivity contribution in [1.29, 1.82) is 0 Å². The molecule has 0 radical (unpaired) electrons. The molecule has 1 atom stereocenters. The highest BCUT2D eigenvalue weighted by atomic mass is 79.9. The zero-order valence-electron chi connectivity index (χ0n) is 10.8. The number of hydrogen-bond acceptors (Lipinski definition) is 3. The summed E-state index contributed by atoms with van der Waals surface area (Å²) in [5, 5.41) is 1.93. The fourth-order valence-corrected chi connectivity index (χ4v) is 3.68. The lowest BCUT2D eigenvalue weighted by atomic mass is 10.1. The number of thiophene rings is 1. The topological polar surface area (TPSA) is 29.5 Å². The van der Waals surface area contributed by atoms with E-state index < -0.39 is 0 Å². The molecule has 3 nitrogen and oxygen atoms in total. The van der Waals surface area contributed by atoms with Crippen molar-refractivity contribution in [1.82, 2.24) is 4.90 Å². The second-order valence-corrected chi connectivity index (χ2v) is 6.48. The molecule has 1 aromatic heterocycles. The van der Waals surface area contributed by atoms with Gasteiger partial charge in [-0.3, -0.25) is 4.79 Å². The quantitative estimate of drug-likeness (QED) is 0.824. The zero-order chi connectivity index (χ0) is 13.9. The molecule has 3 rings (SSSR count). The summed E-state index contributed by atoms with van der Waals surface area (Å²) >= 11 is 4.86. The Balaban J connectivity index is 1.74. The van der Waals surface area contributed by atoms with E-state index in [0.717, 1.165) is 14.9 Å². The van der Waals surface area contributed by atoms with Gasteiger partial charge in [0, 0.05) is 16.4 Å². The third-order valence-corrected chi connectivity index (χ3v) is 4.98. The molecule has 0 bridgehead atoms. The monoisotopic (exact) mass is 351 g/mol. The summed E-state index contributed by atoms with van der Waals surface area (Å²) in [5.41, 5.74) is 1.12. The van der Waals surface area contributed by atoms with Gasteiger partial charge in [0.25, 0.3) is 5.91 Å². The van der Waals surface area contributed by atoms with Gasteiger partial charge in [-0.15, -0.1) is 11.3 Å². The molecule has 1 aliphatic heterocycles. The van der Waals surface area contributed by atoms with Crippen LogP contribution in [0.25, 0.3) is 0 Å². The molecule has 20 heavy (non-hydrogen) atoms. The summed E-state index contributed by atoms with van der Waals surface area (Å²) < 4.78 is 6.74. The van der Waals surface area contributed by atoms with Crippen molar-refractivity contribution < 1.29 is 9.53 Å². The Bertz CT molecular complexity index is 599. The second-order valence-electron chi connectivity index (χ2n) is 4.65. The predicted molar refractivity (Wildman–Crippen MR) is 83.1 cm³/mol. The van der Waals surface area contributed by atoms with E-state index in [1.54, 1.807) is 0 Å². The van der Waals surface area contributed by atoms with Crippen LogP contribution in [0.2, 0.25) is 0 Å². The molecule has 0 aliphatic carbocycles. The number of amides is 1. The van der Waals surface area contributed by atoms with Gasteiger partial charge in [-0.05, 0) is 27.6 Å². The van der Waals surface area contributed by atoms with Gasteiger partial charge in [-0.2, -0.15) is 0 Å². The lowest BCUT2D eigenvalue weighted by molar-refractivity contribution is -0.0226. The van der Waals surface area contributed by atoms with E-state index in [4.69, 9.17) is 4.74 Å². The van der Waals surface area contributed by atoms with Gasteiger partial charge < -0.3 is 9.64 Å². The van der Waals surface area contributed by atoms with E-state index >= 15 is 0 Å². The van der Waals surface area contributed by atoms with Crippen molar-refractivity contribution in [2.24, 2.45) is 0 Å². The smallest absolute Gasteiger partial charge is 0.264 e. The molecule has 1 aromatic carbocycles. The number of nitrogens with zero attached hydrogens (tertiary/aromatic N) is 1. The minimum atomic E-state index is -0.0303. The first-order valence-electron chi connectivity index (χ1n) is 6.44. The van der Waals surface area contributed by atoms with Crippen molar-refractivity contribution in [3.8, 4) is 0 Å². The van der Waals surface area contributed by atoms with Crippen LogP contribution >= 0.6 is 27.3 Å². The highest BCUT2D eigenvalue weighted by Gasteiger charge is 2.26. The van der Waals surface area contributed by atoms with Crippen LogP contribution in [0.4, 0.5) is 0 Å². The van der Waals surface area contributed by atoms with Crippen molar-refractivity contribution in [2.45, 2.75) is 6.10 Å². The van der Waals surface area contributed by atoms with Crippen LogP contribution in [-0.4, -0.2) is 30.5 Å². The highest BCUT2D eigenvalue weighted by molar-refractivity contribution is 9.10. The zero-order valence-corrected chi connectivity index (χ0v) is 13.2. The lowest BCUT2D eigenvalue weighted by Crippen LogP contribution is -2.42. The van der Waals surface area contributed by atoms with E-state index in [9.17, 15) is 4.79 Å². The van der Waals surface area contributed by atoms with E-state index in [2.05, 4.69) is 15.9 Å². The lowest BCUT2D eigenvalue weighted by Gasteiger charge is -2.33. The molecule has 1 fully saturated rings. The minimum Gasteiger partial charge on any atom is -0.370 e. The number of halogens is 1. The number of hydrogen-bond donors (Lipinski definition) is 0. The van der Waals surface area contributed by atoms with E-state index in [-0.39, 0.29) is 12.0 Å². The van der Waals surface area contributed by atoms with E-state index in [1.807, 2.05) is 46.7 Å². The first kappa shape index (κ1) is 13.8. The molecule has 5 heteroatoms. The first-order chi connectivity index (χ1) is 9.74. The Hall–Kier alpha value is -1.17. The van der Waals surface area contributed by atoms with Crippen molar-refractivity contribution >= 4 is 33.2 Å². The average molecular weight is 352 g/mol. The number of benzene rings is 1. The molecule has 104 valence electrons. The van der Waals surface area contributed by atoms with Gasteiger partial charge >= 0.3 is 0 Å². The largest absolute Gasteiger partial charge is 0.370 e. The maximum Gasteiger partial charge on any atom is 0.264 e. The molecule has 0 N–H and O–H groups in total. The summed E-state index contributed by atoms with van der Waals surface area (Å²) in [6, 6.07) is 11.9. The Morgan fingerprint density at radius 2 is 2.15 bits per heavy atom. The Labute approximate surface area is 130 Å². The van der Waals surface area contributed by atoms with Crippen LogP contribution in [0.5, 0.6) is 0 Å². The van der Waals surface area contributed by atoms with Gasteiger partial charge in [0.05, 0.1) is 18.0 Å². The van der Waals surface area contributed by atoms with Gasteiger partial charge in [0.1, 0.15) is 6.10 Å². The number of carbonyl (C=O) groups excluding carboxylic acids is 1. The first-order valence-corrected chi connectivity index (χ1v) is 8.11. The van der Waals surface area contributed by atoms with Crippen molar-refractivity contribution in [3.63, 3.8) is 0 Å². The third-order valence-electron chi connectivity index (χ3n) is 3.30. The van der Waals surface area contributed by atoms with Gasteiger partial charge in [0.2, 0.25) is 0 Å². The summed E-state index contributed by atoms with van der Waals surface area (Å²) in [4.78, 5) is 15.1. The van der Waals surface area contributed by atoms with Crippen molar-refractivity contribution in [2.75, 3.05) is 19.7 Å². The Morgan fingerprint density at radius 3 is 2.85 bits per heavy atom. The minimum absolute atomic E-state index is 0.0303. The van der Waals surface area contributed by atoms with Gasteiger partial charge in [0.15, 0.2) is 0 Å². The maximum atomic E-state index is 12.4. The van der Waals surface area contributed by atoms with Crippen LogP contribution < -0.4 is 0 Å². The number of morpholine rings is 1. The number of rotatable bonds is 2. The number of ether oxygens (including phenoxy) is 1. The molecule has 1 saturated heterocycles. The summed E-state index contributed by atoms with van der Waals surface area (Å²) in [6.45, 7) is 1.84. The SMILES string of the molecule is O=C(c1cc(Br)cs1)N1CCO[C@H](c2ccccc2)C1. The van der Waals surface area contributed by atoms with Gasteiger partial charge in [-0.1, -0.05) is 30.3 Å². The molecular formula is C15H14BrNO2S. The molecule has 0 spiro atoms. The summed E-state index contributed by atoms with van der Waals surface area (Å²) in [6.07, 6.45) is -0.0303. The van der Waals surface area contributed by atoms with Crippen molar-refractivity contribution in [3.05, 3.63) is 56.7 Å². The highest BCUT2D eigenvalue weighted by Crippen LogP contribution is 2.26. The van der Waals surface area contributed by atoms with Crippen LogP contribution in [0.1, 0.15) is 21.3 Å². The summed E-state index contributed by atoms with van der Waals surface area (Å²) in [5.74, 6) is 0.0879. The molecule has 1 amide bonds. The van der Waals surface area contributed by atoms with Crippen LogP contribution in [-0.2, 0) is 4.74 Å². The Kier molecular flexibility index (Phi) is 4.19. The molecule has 0 saturated carbocycles. The maximum absolute atomic E-state index is 12.4. The molecule has 2 heterocycles. The molecule has 0 unspecified atom stereocenters. The molecule has 2 aromatic rings. The fourth-order valence-electron chi connectivity index (χ4n) is 2.28. The van der Waals surface area contributed by atoms with Crippen LogP contribution in [0, 0.1) is 0 Å². The predicted octanol–water partition coefficient (Wildman–Crippen LogP) is 3.72. The fraction of sp³-hybridized carbons (Fsp3) is 0.267. The third kappa shape index (κ3) is 2.95. The normalized spacial score (nSPS) is 19.1. The van der Waals surface area contributed by atoms with Crippen LogP contribution in [0.15, 0.2) is 46.3 Å². The van der Waals surface area contributed by atoms with Gasteiger partial charge in [-0.25, -0.2) is 0 Å². The summed E-state index contributed by atoms with van der Waals surface area (Å²) in [7, 11) is 0. The number of carbonyl (C=O) groups is 1. The van der Waals surface area contributed by atoms with E-state index in [1.165, 1.54) is 11.3 Å². The van der Waals surface area contributed by atoms with Crippen LogP contribution in [0.3, 0.4) is 0 Å². The standard InChI is InChI=1S/C15H14BrNO2S/c16-12-8-14(20-10-12)15(18)17-6-7-19-13(9-17)11-4-2-1-3-5-11/h1-5,8,10,13H,6-7,9H2/t13-/m0/s1. The average Bonchev–Trinajstić information content (AvgIpc) is 2.94. The molecular weight excluding hydrogens is 338 g/mol. The Morgan fingerprint density at radius 1 is 1.35 bits per heavy atom.